The molecular weight excluding hydrogens is 378 g/mol. The zero-order chi connectivity index (χ0) is 20.6. The summed E-state index contributed by atoms with van der Waals surface area (Å²) >= 11 is 1.79. The molecule has 1 aliphatic rings. The van der Waals surface area contributed by atoms with E-state index in [-0.39, 0.29) is 11.9 Å². The van der Waals surface area contributed by atoms with Gasteiger partial charge in [-0.3, -0.25) is 0 Å². The number of fused-ring (bicyclic) bond motifs is 2. The highest BCUT2D eigenvalue weighted by molar-refractivity contribution is 7.99. The van der Waals surface area contributed by atoms with Crippen LogP contribution in [0.3, 0.4) is 0 Å². The minimum absolute atomic E-state index is 0.159. The fourth-order valence-corrected chi connectivity index (χ4v) is 4.36. The molecule has 0 spiro atoms. The number of ether oxygens (including phenoxy) is 1. The molecule has 0 aliphatic carbocycles. The van der Waals surface area contributed by atoms with Crippen molar-refractivity contribution in [3.05, 3.63) is 83.4 Å². The monoisotopic (exact) mass is 403 g/mol. The van der Waals surface area contributed by atoms with Crippen LogP contribution in [0.25, 0.3) is 0 Å². The largest absolute Gasteiger partial charge is 0.456 e. The summed E-state index contributed by atoms with van der Waals surface area (Å²) in [6.45, 7) is 7.81. The summed E-state index contributed by atoms with van der Waals surface area (Å²) in [6.07, 6.45) is 0. The third-order valence-electron chi connectivity index (χ3n) is 4.90. The lowest BCUT2D eigenvalue weighted by atomic mass is 9.91. The molecule has 1 aliphatic heterocycles. The first-order valence-electron chi connectivity index (χ1n) is 9.81. The lowest BCUT2D eigenvalue weighted by molar-refractivity contribution is 0.00694. The van der Waals surface area contributed by atoms with E-state index in [1.807, 2.05) is 45.0 Å². The Bertz CT molecular complexity index is 1070. The van der Waals surface area contributed by atoms with Crippen molar-refractivity contribution < 1.29 is 9.53 Å². The predicted octanol–water partition coefficient (Wildman–Crippen LogP) is 7.00. The summed E-state index contributed by atoms with van der Waals surface area (Å²) in [5, 5.41) is 3.55. The summed E-state index contributed by atoms with van der Waals surface area (Å²) in [5.41, 5.74) is 4.65. The molecule has 1 N–H and O–H groups in total. The van der Waals surface area contributed by atoms with E-state index in [2.05, 4.69) is 54.7 Å². The van der Waals surface area contributed by atoms with Gasteiger partial charge in [0.05, 0.1) is 16.9 Å². The van der Waals surface area contributed by atoms with Gasteiger partial charge in [0.15, 0.2) is 0 Å². The molecule has 29 heavy (non-hydrogen) atoms. The van der Waals surface area contributed by atoms with Crippen LogP contribution in [0.1, 0.15) is 55.1 Å². The molecule has 0 saturated carbocycles. The van der Waals surface area contributed by atoms with Crippen molar-refractivity contribution in [2.24, 2.45) is 0 Å². The molecule has 0 amide bonds. The number of carbonyl (C=O) groups is 1. The average Bonchev–Trinajstić information content (AvgIpc) is 2.70. The number of anilines is 2. The van der Waals surface area contributed by atoms with E-state index in [1.54, 1.807) is 11.8 Å². The zero-order valence-corrected chi connectivity index (χ0v) is 18.0. The third kappa shape index (κ3) is 4.33. The van der Waals surface area contributed by atoms with Gasteiger partial charge in [-0.25, -0.2) is 4.79 Å². The Labute approximate surface area is 176 Å². The number of benzene rings is 3. The van der Waals surface area contributed by atoms with Gasteiger partial charge in [-0.05, 0) is 68.3 Å². The van der Waals surface area contributed by atoms with Crippen LogP contribution in [0.5, 0.6) is 0 Å². The van der Waals surface area contributed by atoms with Crippen LogP contribution in [0, 0.1) is 0 Å². The van der Waals surface area contributed by atoms with Gasteiger partial charge in [0.1, 0.15) is 5.60 Å². The van der Waals surface area contributed by atoms with Crippen molar-refractivity contribution in [3.63, 3.8) is 0 Å². The van der Waals surface area contributed by atoms with Crippen LogP contribution in [0.2, 0.25) is 0 Å². The molecule has 0 bridgehead atoms. The van der Waals surface area contributed by atoms with Crippen molar-refractivity contribution in [1.82, 2.24) is 0 Å². The fraction of sp³-hybridized carbons (Fsp3) is 0.240. The highest BCUT2D eigenvalue weighted by Gasteiger charge is 2.20. The second-order valence-electron chi connectivity index (χ2n) is 8.33. The summed E-state index contributed by atoms with van der Waals surface area (Å²) in [4.78, 5) is 14.9. The van der Waals surface area contributed by atoms with E-state index in [0.717, 1.165) is 16.9 Å². The molecule has 0 fully saturated rings. The summed E-state index contributed by atoms with van der Waals surface area (Å²) in [7, 11) is 0. The Morgan fingerprint density at radius 2 is 1.62 bits per heavy atom. The summed E-state index contributed by atoms with van der Waals surface area (Å²) in [5.74, 6) is -0.127. The molecular formula is C25H25NO2S. The second kappa shape index (κ2) is 7.60. The van der Waals surface area contributed by atoms with E-state index in [9.17, 15) is 4.79 Å². The van der Waals surface area contributed by atoms with Gasteiger partial charge in [-0.1, -0.05) is 49.0 Å². The Morgan fingerprint density at radius 1 is 0.897 bits per heavy atom. The number of para-hydroxylation sites is 1. The van der Waals surface area contributed by atoms with E-state index in [0.29, 0.717) is 5.56 Å². The molecule has 4 heteroatoms. The first-order valence-corrected chi connectivity index (χ1v) is 10.6. The number of carbonyl (C=O) groups excluding carboxylic acids is 1. The van der Waals surface area contributed by atoms with E-state index >= 15 is 0 Å². The maximum absolute atomic E-state index is 12.4. The molecule has 1 heterocycles. The predicted molar refractivity (Wildman–Crippen MR) is 119 cm³/mol. The quantitative estimate of drug-likeness (QED) is 0.374. The SMILES string of the molecule is CC(c1cccc(C(=O)OC(C)(C)C)c1)c1ccc2c(c1)Nc1ccccc1S2. The highest BCUT2D eigenvalue weighted by atomic mass is 32.2. The van der Waals surface area contributed by atoms with Gasteiger partial charge in [-0.15, -0.1) is 0 Å². The molecule has 3 aromatic carbocycles. The Balaban J connectivity index is 1.59. The number of hydrogen-bond acceptors (Lipinski definition) is 4. The lowest BCUT2D eigenvalue weighted by Crippen LogP contribution is -2.24. The Morgan fingerprint density at radius 3 is 2.41 bits per heavy atom. The molecule has 0 aromatic heterocycles. The van der Waals surface area contributed by atoms with Crippen molar-refractivity contribution in [1.29, 1.82) is 0 Å². The number of nitrogens with one attached hydrogen (secondary N) is 1. The van der Waals surface area contributed by atoms with Crippen molar-refractivity contribution >= 4 is 29.1 Å². The molecule has 0 saturated heterocycles. The van der Waals surface area contributed by atoms with Crippen LogP contribution in [0.15, 0.2) is 76.5 Å². The molecule has 0 radical (unpaired) electrons. The Kier molecular flexibility index (Phi) is 5.13. The van der Waals surface area contributed by atoms with Crippen LogP contribution in [-0.2, 0) is 4.74 Å². The van der Waals surface area contributed by atoms with Gasteiger partial charge < -0.3 is 10.1 Å². The van der Waals surface area contributed by atoms with Crippen LogP contribution < -0.4 is 5.32 Å². The second-order valence-corrected chi connectivity index (χ2v) is 9.41. The number of rotatable bonds is 3. The molecule has 3 aromatic rings. The van der Waals surface area contributed by atoms with Crippen LogP contribution in [0.4, 0.5) is 11.4 Å². The van der Waals surface area contributed by atoms with Gasteiger partial charge in [-0.2, -0.15) is 0 Å². The van der Waals surface area contributed by atoms with Crippen LogP contribution >= 0.6 is 11.8 Å². The normalized spacial score (nSPS) is 13.7. The first kappa shape index (κ1) is 19.6. The van der Waals surface area contributed by atoms with E-state index in [4.69, 9.17) is 4.74 Å². The van der Waals surface area contributed by atoms with Crippen molar-refractivity contribution in [3.8, 4) is 0 Å². The fourth-order valence-electron chi connectivity index (χ4n) is 3.39. The van der Waals surface area contributed by atoms with Crippen molar-refractivity contribution in [2.45, 2.75) is 49.0 Å². The van der Waals surface area contributed by atoms with Gasteiger partial charge in [0.2, 0.25) is 0 Å². The number of hydrogen-bond donors (Lipinski definition) is 1. The smallest absolute Gasteiger partial charge is 0.338 e. The van der Waals surface area contributed by atoms with Crippen LogP contribution in [-0.4, -0.2) is 11.6 Å². The maximum Gasteiger partial charge on any atom is 0.338 e. The van der Waals surface area contributed by atoms with E-state index in [1.165, 1.54) is 15.4 Å². The van der Waals surface area contributed by atoms with Crippen molar-refractivity contribution in [2.75, 3.05) is 5.32 Å². The molecule has 148 valence electrons. The van der Waals surface area contributed by atoms with Gasteiger partial charge in [0.25, 0.3) is 0 Å². The minimum Gasteiger partial charge on any atom is -0.456 e. The summed E-state index contributed by atoms with van der Waals surface area (Å²) < 4.78 is 5.52. The topological polar surface area (TPSA) is 38.3 Å². The third-order valence-corrected chi connectivity index (χ3v) is 6.05. The first-order chi connectivity index (χ1) is 13.8. The molecule has 1 unspecified atom stereocenters. The maximum atomic E-state index is 12.4. The Hall–Kier alpha value is -2.72. The average molecular weight is 404 g/mol. The van der Waals surface area contributed by atoms with E-state index < -0.39 is 5.60 Å². The lowest BCUT2D eigenvalue weighted by Gasteiger charge is -2.23. The molecule has 1 atom stereocenters. The molecule has 4 rings (SSSR count). The van der Waals surface area contributed by atoms with Gasteiger partial charge in [0, 0.05) is 15.7 Å². The highest BCUT2D eigenvalue weighted by Crippen LogP contribution is 2.45. The zero-order valence-electron chi connectivity index (χ0n) is 17.2. The number of esters is 1. The molecule has 3 nitrogen and oxygen atoms in total. The standard InChI is InChI=1S/C25H25NO2S/c1-16(17-8-7-9-19(14-17)24(27)28-25(2,3)4)18-12-13-23-21(15-18)26-20-10-5-6-11-22(20)29-23/h5-16,26H,1-4H3. The minimum atomic E-state index is -0.503. The van der Waals surface area contributed by atoms with Gasteiger partial charge >= 0.3 is 5.97 Å². The summed E-state index contributed by atoms with van der Waals surface area (Å²) in [6, 6.07) is 22.6.